The Morgan fingerprint density at radius 3 is 2.56 bits per heavy atom. The minimum absolute atomic E-state index is 0.00226. The van der Waals surface area contributed by atoms with Crippen LogP contribution in [-0.2, 0) is 6.18 Å². The Bertz CT molecular complexity index is 819. The molecule has 27 heavy (non-hydrogen) atoms. The van der Waals surface area contributed by atoms with Gasteiger partial charge in [0.05, 0.1) is 10.6 Å². The molecule has 1 heterocycles. The van der Waals surface area contributed by atoms with Crippen molar-refractivity contribution in [3.05, 3.63) is 64.2 Å². The Hall–Kier alpha value is -2.15. The third-order valence-corrected chi connectivity index (χ3v) is 4.86. The number of hydrogen-bond acceptors (Lipinski definition) is 2. The first-order valence-electron chi connectivity index (χ1n) is 8.50. The van der Waals surface area contributed by atoms with E-state index in [-0.39, 0.29) is 23.0 Å². The van der Waals surface area contributed by atoms with E-state index < -0.39 is 23.6 Å². The lowest BCUT2D eigenvalue weighted by Gasteiger charge is -2.18. The van der Waals surface area contributed by atoms with Gasteiger partial charge in [-0.2, -0.15) is 13.2 Å². The van der Waals surface area contributed by atoms with Gasteiger partial charge in [-0.1, -0.05) is 30.5 Å². The second kappa shape index (κ2) is 7.84. The van der Waals surface area contributed by atoms with Crippen molar-refractivity contribution in [3.8, 4) is 0 Å². The van der Waals surface area contributed by atoms with Crippen LogP contribution in [0.4, 0.5) is 17.6 Å². The van der Waals surface area contributed by atoms with Crippen molar-refractivity contribution in [3.63, 3.8) is 0 Å². The number of rotatable bonds is 6. The molecule has 0 bridgehead atoms. The largest absolute Gasteiger partial charge is 0.433 e. The van der Waals surface area contributed by atoms with Gasteiger partial charge in [-0.25, -0.2) is 4.39 Å². The van der Waals surface area contributed by atoms with Crippen molar-refractivity contribution in [1.82, 2.24) is 10.3 Å². The standard InChI is InChI=1S/C19H17ClF4N2O/c20-16-8-14(21)4-5-15(16)18(27)26-10-13(7-11-1-2-11)12-3-6-17(25-9-12)19(22,23)24/h3-6,8-9,11,13H,1-2,7,10H2,(H,26,27). The van der Waals surface area contributed by atoms with Crippen LogP contribution < -0.4 is 5.32 Å². The van der Waals surface area contributed by atoms with E-state index in [0.29, 0.717) is 11.5 Å². The molecule has 0 spiro atoms. The molecule has 0 aliphatic heterocycles. The Labute approximate surface area is 158 Å². The summed E-state index contributed by atoms with van der Waals surface area (Å²) >= 11 is 5.89. The molecule has 8 heteroatoms. The number of carbonyl (C=O) groups is 1. The summed E-state index contributed by atoms with van der Waals surface area (Å²) < 4.78 is 51.2. The normalized spacial score (nSPS) is 15.4. The molecular weight excluding hydrogens is 384 g/mol. The van der Waals surface area contributed by atoms with Crippen LogP contribution in [0.1, 0.15) is 46.8 Å². The van der Waals surface area contributed by atoms with E-state index >= 15 is 0 Å². The SMILES string of the molecule is O=C(NCC(CC1CC1)c1ccc(C(F)(F)F)nc1)c1ccc(F)cc1Cl. The van der Waals surface area contributed by atoms with Crippen molar-refractivity contribution in [2.75, 3.05) is 6.54 Å². The van der Waals surface area contributed by atoms with Crippen LogP contribution in [0.3, 0.4) is 0 Å². The van der Waals surface area contributed by atoms with Gasteiger partial charge >= 0.3 is 6.18 Å². The molecule has 0 saturated heterocycles. The van der Waals surface area contributed by atoms with Crippen LogP contribution in [0, 0.1) is 11.7 Å². The second-order valence-electron chi connectivity index (χ2n) is 6.68. The number of nitrogens with zero attached hydrogens (tertiary/aromatic N) is 1. The zero-order valence-electron chi connectivity index (χ0n) is 14.2. The number of aromatic nitrogens is 1. The minimum atomic E-state index is -4.49. The third-order valence-electron chi connectivity index (χ3n) is 4.55. The number of benzene rings is 1. The second-order valence-corrected chi connectivity index (χ2v) is 7.09. The molecule has 3 nitrogen and oxygen atoms in total. The number of amides is 1. The lowest BCUT2D eigenvalue weighted by molar-refractivity contribution is -0.141. The van der Waals surface area contributed by atoms with Crippen molar-refractivity contribution in [2.45, 2.75) is 31.4 Å². The highest BCUT2D eigenvalue weighted by molar-refractivity contribution is 6.33. The van der Waals surface area contributed by atoms with E-state index in [1.54, 1.807) is 0 Å². The highest BCUT2D eigenvalue weighted by atomic mass is 35.5. The molecule has 1 aromatic heterocycles. The molecule has 1 fully saturated rings. The van der Waals surface area contributed by atoms with E-state index in [2.05, 4.69) is 10.3 Å². The lowest BCUT2D eigenvalue weighted by Crippen LogP contribution is -2.29. The Morgan fingerprint density at radius 2 is 2.00 bits per heavy atom. The molecule has 1 N–H and O–H groups in total. The molecule has 1 saturated carbocycles. The minimum Gasteiger partial charge on any atom is -0.351 e. The number of nitrogens with one attached hydrogen (secondary N) is 1. The Morgan fingerprint density at radius 1 is 1.26 bits per heavy atom. The third kappa shape index (κ3) is 5.19. The molecule has 1 atom stereocenters. The van der Waals surface area contributed by atoms with Crippen molar-refractivity contribution >= 4 is 17.5 Å². The zero-order valence-corrected chi connectivity index (χ0v) is 14.9. The number of hydrogen-bond donors (Lipinski definition) is 1. The Kier molecular flexibility index (Phi) is 5.69. The molecule has 144 valence electrons. The number of pyridine rings is 1. The van der Waals surface area contributed by atoms with Crippen LogP contribution in [0.5, 0.6) is 0 Å². The molecule has 1 aliphatic rings. The van der Waals surface area contributed by atoms with Crippen LogP contribution >= 0.6 is 11.6 Å². The Balaban J connectivity index is 1.70. The van der Waals surface area contributed by atoms with Gasteiger partial charge in [0.1, 0.15) is 11.5 Å². The quantitative estimate of drug-likeness (QED) is 0.676. The average Bonchev–Trinajstić information content (AvgIpc) is 3.42. The van der Waals surface area contributed by atoms with Gasteiger partial charge in [0.25, 0.3) is 5.91 Å². The summed E-state index contributed by atoms with van der Waals surface area (Å²) in [6.45, 7) is 0.232. The number of carbonyl (C=O) groups excluding carboxylic acids is 1. The monoisotopic (exact) mass is 400 g/mol. The maximum absolute atomic E-state index is 13.1. The fourth-order valence-corrected chi connectivity index (χ4v) is 3.15. The predicted octanol–water partition coefficient (Wildman–Crippen LogP) is 5.21. The number of alkyl halides is 3. The summed E-state index contributed by atoms with van der Waals surface area (Å²) in [4.78, 5) is 15.8. The first kappa shape index (κ1) is 19.6. The van der Waals surface area contributed by atoms with Gasteiger partial charge in [-0.15, -0.1) is 0 Å². The predicted molar refractivity (Wildman–Crippen MR) is 93.1 cm³/mol. The van der Waals surface area contributed by atoms with Gasteiger partial charge < -0.3 is 5.32 Å². The van der Waals surface area contributed by atoms with Gasteiger partial charge in [-0.3, -0.25) is 9.78 Å². The first-order chi connectivity index (χ1) is 12.7. The molecule has 1 unspecified atom stereocenters. The number of halogens is 5. The van der Waals surface area contributed by atoms with E-state index in [9.17, 15) is 22.4 Å². The first-order valence-corrected chi connectivity index (χ1v) is 8.88. The van der Waals surface area contributed by atoms with Gasteiger partial charge in [0.15, 0.2) is 0 Å². The fourth-order valence-electron chi connectivity index (χ4n) is 2.89. The fraction of sp³-hybridized carbons (Fsp3) is 0.368. The topological polar surface area (TPSA) is 42.0 Å². The summed E-state index contributed by atoms with van der Waals surface area (Å²) in [7, 11) is 0. The molecule has 1 amide bonds. The molecular formula is C19H17ClF4N2O. The summed E-state index contributed by atoms with van der Waals surface area (Å²) in [5.41, 5.74) is -0.160. The van der Waals surface area contributed by atoms with E-state index in [1.807, 2.05) is 0 Å². The van der Waals surface area contributed by atoms with Crippen molar-refractivity contribution in [1.29, 1.82) is 0 Å². The van der Waals surface area contributed by atoms with E-state index in [1.165, 1.54) is 18.3 Å². The highest BCUT2D eigenvalue weighted by Gasteiger charge is 2.33. The van der Waals surface area contributed by atoms with Gasteiger partial charge in [0, 0.05) is 18.7 Å². The average molecular weight is 401 g/mol. The molecule has 3 rings (SSSR count). The summed E-state index contributed by atoms with van der Waals surface area (Å²) in [5.74, 6) is -0.654. The summed E-state index contributed by atoms with van der Waals surface area (Å²) in [5, 5.41) is 2.74. The van der Waals surface area contributed by atoms with Gasteiger partial charge in [-0.05, 0) is 42.2 Å². The van der Waals surface area contributed by atoms with Gasteiger partial charge in [0.2, 0.25) is 0 Å². The molecule has 1 aliphatic carbocycles. The summed E-state index contributed by atoms with van der Waals surface area (Å²) in [6, 6.07) is 5.84. The van der Waals surface area contributed by atoms with E-state index in [0.717, 1.165) is 37.5 Å². The van der Waals surface area contributed by atoms with E-state index in [4.69, 9.17) is 11.6 Å². The van der Waals surface area contributed by atoms with Crippen LogP contribution in [0.25, 0.3) is 0 Å². The molecule has 1 aromatic carbocycles. The van der Waals surface area contributed by atoms with Crippen LogP contribution in [0.15, 0.2) is 36.5 Å². The summed E-state index contributed by atoms with van der Waals surface area (Å²) in [6.07, 6.45) is -0.375. The van der Waals surface area contributed by atoms with Crippen LogP contribution in [-0.4, -0.2) is 17.4 Å². The van der Waals surface area contributed by atoms with Crippen molar-refractivity contribution < 1.29 is 22.4 Å². The molecule has 0 radical (unpaired) electrons. The molecule has 2 aromatic rings. The maximum Gasteiger partial charge on any atom is 0.433 e. The lowest BCUT2D eigenvalue weighted by atomic mass is 9.94. The smallest absolute Gasteiger partial charge is 0.351 e. The highest BCUT2D eigenvalue weighted by Crippen LogP contribution is 2.38. The van der Waals surface area contributed by atoms with Crippen LogP contribution in [0.2, 0.25) is 5.02 Å². The zero-order chi connectivity index (χ0) is 19.6. The maximum atomic E-state index is 13.1. The van der Waals surface area contributed by atoms with Crippen molar-refractivity contribution in [2.24, 2.45) is 5.92 Å².